The molecule has 1 aromatic heterocycles. The van der Waals surface area contributed by atoms with Gasteiger partial charge in [0.1, 0.15) is 22.8 Å². The van der Waals surface area contributed by atoms with Crippen molar-refractivity contribution in [1.29, 1.82) is 0 Å². The maximum absolute atomic E-state index is 14.9. The molecule has 192 valence electrons. The summed E-state index contributed by atoms with van der Waals surface area (Å²) in [6.45, 7) is 0. The summed E-state index contributed by atoms with van der Waals surface area (Å²) in [5.74, 6) is -0.620. The highest BCUT2D eigenvalue weighted by Crippen LogP contribution is 2.32. The van der Waals surface area contributed by atoms with Gasteiger partial charge in [0.2, 0.25) is 0 Å². The summed E-state index contributed by atoms with van der Waals surface area (Å²) in [4.78, 5) is 0. The molecule has 1 nitrogen and oxygen atoms in total. The molecule has 7 rings (SSSR count). The van der Waals surface area contributed by atoms with Gasteiger partial charge in [0.05, 0.1) is 0 Å². The van der Waals surface area contributed by atoms with E-state index in [0.717, 1.165) is 53.8 Å². The van der Waals surface area contributed by atoms with Crippen molar-refractivity contribution in [2.24, 2.45) is 0 Å². The first-order valence-electron chi connectivity index (χ1n) is 13.2. The predicted octanol–water partition coefficient (Wildman–Crippen LogP) is 6.91. The van der Waals surface area contributed by atoms with Gasteiger partial charge in [-0.1, -0.05) is 103 Å². The van der Waals surface area contributed by atoms with E-state index in [1.54, 1.807) is 24.3 Å². The average Bonchev–Trinajstić information content (AvgIpc) is 3.37. The molecule has 4 heteroatoms. The van der Waals surface area contributed by atoms with Gasteiger partial charge in [-0.25, -0.2) is 8.78 Å². The summed E-state index contributed by atoms with van der Waals surface area (Å²) in [6.07, 6.45) is 0. The molecule has 0 atom stereocenters. The largest absolute Gasteiger partial charge is 0.456 e. The van der Waals surface area contributed by atoms with Gasteiger partial charge in [0.25, 0.3) is 0 Å². The van der Waals surface area contributed by atoms with Gasteiger partial charge in [-0.3, -0.25) is 0 Å². The molecule has 0 saturated carbocycles. The van der Waals surface area contributed by atoms with Crippen LogP contribution in [0.2, 0.25) is 0 Å². The van der Waals surface area contributed by atoms with Gasteiger partial charge in [-0.15, -0.1) is 0 Å². The van der Waals surface area contributed by atoms with Crippen molar-refractivity contribution in [3.8, 4) is 11.1 Å². The fraction of sp³-hybridized carbons (Fsp3) is 0. The highest BCUT2D eigenvalue weighted by molar-refractivity contribution is 7.19. The summed E-state index contributed by atoms with van der Waals surface area (Å²) in [6, 6.07) is 46.4. The molecule has 0 aliphatic rings. The molecule has 6 aromatic carbocycles. The molecule has 0 radical (unpaired) electrons. The summed E-state index contributed by atoms with van der Waals surface area (Å²) >= 11 is 0. The molecular weight excluding hydrogens is 514 g/mol. The lowest BCUT2D eigenvalue weighted by molar-refractivity contribution is 0.629. The van der Waals surface area contributed by atoms with E-state index in [9.17, 15) is 8.78 Å². The van der Waals surface area contributed by atoms with Crippen molar-refractivity contribution in [2.45, 2.75) is 0 Å². The van der Waals surface area contributed by atoms with Crippen LogP contribution in [0.1, 0.15) is 0 Å². The van der Waals surface area contributed by atoms with Crippen LogP contribution in [-0.2, 0) is 0 Å². The quantitative estimate of drug-likeness (QED) is 0.172. The molecule has 7 aromatic rings. The van der Waals surface area contributed by atoms with Crippen molar-refractivity contribution in [2.75, 3.05) is 0 Å². The average molecular weight is 539 g/mol. The molecule has 0 saturated heterocycles. The molecule has 40 heavy (non-hydrogen) atoms. The first-order valence-corrected chi connectivity index (χ1v) is 15.2. The summed E-state index contributed by atoms with van der Waals surface area (Å²) in [5, 5.41) is 5.95. The minimum absolute atomic E-state index is 0.310. The number of para-hydroxylation sites is 1. The third-order valence-electron chi connectivity index (χ3n) is 7.73. The van der Waals surface area contributed by atoms with Gasteiger partial charge in [0, 0.05) is 10.8 Å². The fourth-order valence-electron chi connectivity index (χ4n) is 5.97. The van der Waals surface area contributed by atoms with Crippen LogP contribution in [0, 0.1) is 11.6 Å². The Kier molecular flexibility index (Phi) is 5.91. The summed E-state index contributed by atoms with van der Waals surface area (Å²) < 4.78 is 35.8. The standard InChI is InChI=1S/C36H24F2OSi/c37-27-10-7-15-31(23-27)40(29-12-2-1-3-13-29,32-16-8-11-28(38)24-32)30-14-6-9-25(21-30)26-19-20-36-34(22-26)33-17-4-5-18-35(33)39-36/h1-24H. The normalized spacial score (nSPS) is 11.8. The van der Waals surface area contributed by atoms with E-state index in [4.69, 9.17) is 4.42 Å². The van der Waals surface area contributed by atoms with E-state index in [-0.39, 0.29) is 11.6 Å². The molecule has 1 heterocycles. The summed E-state index contributed by atoms with van der Waals surface area (Å²) in [7, 11) is -3.11. The third-order valence-corrected chi connectivity index (χ3v) is 12.5. The fourth-order valence-corrected chi connectivity index (χ4v) is 10.8. The maximum Gasteiger partial charge on any atom is 0.179 e. The zero-order chi connectivity index (χ0) is 27.1. The van der Waals surface area contributed by atoms with Gasteiger partial charge >= 0.3 is 0 Å². The number of halogens is 2. The number of hydrogen-bond acceptors (Lipinski definition) is 1. The molecule has 0 N–H and O–H groups in total. The third kappa shape index (κ3) is 3.96. The van der Waals surface area contributed by atoms with Crippen LogP contribution in [0.4, 0.5) is 8.78 Å². The Bertz CT molecular complexity index is 1950. The van der Waals surface area contributed by atoms with Gasteiger partial charge in [-0.2, -0.15) is 0 Å². The van der Waals surface area contributed by atoms with Crippen LogP contribution in [0.25, 0.3) is 33.1 Å². The van der Waals surface area contributed by atoms with Gasteiger partial charge in [-0.05, 0) is 74.3 Å². The number of fused-ring (bicyclic) bond motifs is 3. The molecule has 0 aliphatic carbocycles. The molecule has 0 amide bonds. The number of rotatable bonds is 5. The monoisotopic (exact) mass is 538 g/mol. The zero-order valence-corrected chi connectivity index (χ0v) is 22.5. The first kappa shape index (κ1) is 24.3. The SMILES string of the molecule is Fc1cccc([Si](c2ccccc2)(c2cccc(F)c2)c2cccc(-c3ccc4oc5ccccc5c4c3)c2)c1. The Morgan fingerprint density at radius 2 is 0.950 bits per heavy atom. The van der Waals surface area contributed by atoms with Crippen molar-refractivity contribution < 1.29 is 13.2 Å². The highest BCUT2D eigenvalue weighted by atomic mass is 28.3. The van der Waals surface area contributed by atoms with Crippen molar-refractivity contribution in [1.82, 2.24) is 0 Å². The van der Waals surface area contributed by atoms with Crippen LogP contribution in [0.3, 0.4) is 0 Å². The van der Waals surface area contributed by atoms with E-state index in [2.05, 4.69) is 48.5 Å². The molecule has 0 bridgehead atoms. The smallest absolute Gasteiger partial charge is 0.179 e. The van der Waals surface area contributed by atoms with E-state index >= 15 is 0 Å². The van der Waals surface area contributed by atoms with E-state index in [0.29, 0.717) is 0 Å². The Balaban J connectivity index is 1.51. The van der Waals surface area contributed by atoms with Crippen LogP contribution in [0.15, 0.2) is 150 Å². The lowest BCUT2D eigenvalue weighted by Crippen LogP contribution is -2.74. The minimum atomic E-state index is -3.11. The lowest BCUT2D eigenvalue weighted by atomic mass is 10.0. The van der Waals surface area contributed by atoms with Crippen LogP contribution in [-0.4, -0.2) is 8.07 Å². The Hall–Kier alpha value is -4.80. The Labute approximate surface area is 232 Å². The number of hydrogen-bond donors (Lipinski definition) is 0. The number of benzene rings is 6. The van der Waals surface area contributed by atoms with E-state index in [1.807, 2.05) is 60.7 Å². The second kappa shape index (κ2) is 9.74. The molecule has 0 aliphatic heterocycles. The van der Waals surface area contributed by atoms with Gasteiger partial charge in [0.15, 0.2) is 8.07 Å². The lowest BCUT2D eigenvalue weighted by Gasteiger charge is -2.34. The number of furan rings is 1. The van der Waals surface area contributed by atoms with E-state index in [1.165, 1.54) is 12.1 Å². The Morgan fingerprint density at radius 3 is 1.65 bits per heavy atom. The predicted molar refractivity (Wildman–Crippen MR) is 163 cm³/mol. The van der Waals surface area contributed by atoms with Crippen molar-refractivity contribution in [3.05, 3.63) is 157 Å². The van der Waals surface area contributed by atoms with Crippen LogP contribution < -0.4 is 20.7 Å². The van der Waals surface area contributed by atoms with Crippen LogP contribution in [0.5, 0.6) is 0 Å². The minimum Gasteiger partial charge on any atom is -0.456 e. The maximum atomic E-state index is 14.9. The second-order valence-corrected chi connectivity index (χ2v) is 13.8. The van der Waals surface area contributed by atoms with Gasteiger partial charge < -0.3 is 4.42 Å². The molecule has 0 unspecified atom stereocenters. The zero-order valence-electron chi connectivity index (χ0n) is 21.5. The van der Waals surface area contributed by atoms with Crippen molar-refractivity contribution in [3.63, 3.8) is 0 Å². The van der Waals surface area contributed by atoms with Crippen molar-refractivity contribution >= 4 is 50.8 Å². The molecule has 0 spiro atoms. The summed E-state index contributed by atoms with van der Waals surface area (Å²) in [5.41, 5.74) is 3.78. The van der Waals surface area contributed by atoms with Crippen LogP contribution >= 0.6 is 0 Å². The second-order valence-electron chi connectivity index (χ2n) is 10.0. The molecular formula is C36H24F2OSi. The highest BCUT2D eigenvalue weighted by Gasteiger charge is 2.42. The molecule has 0 fully saturated rings. The first-order chi connectivity index (χ1) is 19.6. The van der Waals surface area contributed by atoms with E-state index < -0.39 is 8.07 Å². The topological polar surface area (TPSA) is 13.1 Å². The Morgan fingerprint density at radius 1 is 0.400 bits per heavy atom.